The molecule has 0 spiro atoms. The first-order valence-electron chi connectivity index (χ1n) is 12.5. The lowest BCUT2D eigenvalue weighted by atomic mass is 9.96. The van der Waals surface area contributed by atoms with Crippen LogP contribution in [0.4, 0.5) is 8.78 Å². The number of carboxylic acid groups (broad SMARTS) is 1. The standard InChI is InChI=1S/C27H26F2N4O5S2/c1-14(2)38-23-12-17(6-7-19(23)28)25-18(9-16-5-8-24(20(29)10-16)40(30,36)37)22(11-15-3-4-15)33(32-25)27-31-21(13-39-27)26(34)35/h5-8,10,12-15H,3-4,9,11H2,1-2H3,(H,34,35)(H2,30,36,37). The zero-order valence-corrected chi connectivity index (χ0v) is 23.2. The summed E-state index contributed by atoms with van der Waals surface area (Å²) in [7, 11) is -4.24. The fraction of sp³-hybridized carbons (Fsp3) is 0.296. The van der Waals surface area contributed by atoms with Crippen LogP contribution in [-0.4, -0.2) is 40.4 Å². The van der Waals surface area contributed by atoms with E-state index >= 15 is 0 Å². The van der Waals surface area contributed by atoms with Gasteiger partial charge in [-0.25, -0.2) is 36.8 Å². The van der Waals surface area contributed by atoms with Crippen LogP contribution in [0.2, 0.25) is 0 Å². The highest BCUT2D eigenvalue weighted by Crippen LogP contribution is 2.39. The van der Waals surface area contributed by atoms with Crippen LogP contribution in [0.5, 0.6) is 5.75 Å². The van der Waals surface area contributed by atoms with Crippen LogP contribution in [0.1, 0.15) is 54.0 Å². The van der Waals surface area contributed by atoms with E-state index in [1.165, 1.54) is 17.5 Å². The van der Waals surface area contributed by atoms with Crippen LogP contribution in [0.15, 0.2) is 46.7 Å². The van der Waals surface area contributed by atoms with Gasteiger partial charge in [0.2, 0.25) is 15.2 Å². The predicted molar refractivity (Wildman–Crippen MR) is 144 cm³/mol. The quantitative estimate of drug-likeness (QED) is 0.267. The van der Waals surface area contributed by atoms with Gasteiger partial charge in [-0.3, -0.25) is 0 Å². The Morgan fingerprint density at radius 2 is 1.95 bits per heavy atom. The van der Waals surface area contributed by atoms with Crippen molar-refractivity contribution in [3.63, 3.8) is 0 Å². The molecular weight excluding hydrogens is 562 g/mol. The zero-order chi connectivity index (χ0) is 28.8. The van der Waals surface area contributed by atoms with E-state index in [0.717, 1.165) is 42.0 Å². The number of nitrogens with two attached hydrogens (primary N) is 1. The second kappa shape index (κ2) is 10.7. The molecule has 0 radical (unpaired) electrons. The van der Waals surface area contributed by atoms with E-state index in [0.29, 0.717) is 39.9 Å². The molecule has 13 heteroatoms. The SMILES string of the molecule is CC(C)Oc1cc(-c2nn(-c3nc(C(=O)O)cs3)c(CC3CC3)c2Cc2ccc(S(N)(=O)=O)c(F)c2)ccc1F. The van der Waals surface area contributed by atoms with Crippen molar-refractivity contribution in [2.45, 2.75) is 50.5 Å². The molecule has 0 aliphatic heterocycles. The van der Waals surface area contributed by atoms with E-state index < -0.39 is 32.5 Å². The average molecular weight is 589 g/mol. The molecule has 5 rings (SSSR count). The molecular formula is C27H26F2N4O5S2. The number of aromatic carboxylic acids is 1. The van der Waals surface area contributed by atoms with Crippen molar-refractivity contribution in [3.05, 3.63) is 75.9 Å². The Balaban J connectivity index is 1.69. The number of thiazole rings is 1. The third-order valence-electron chi connectivity index (χ3n) is 6.41. The van der Waals surface area contributed by atoms with E-state index in [-0.39, 0.29) is 24.0 Å². The van der Waals surface area contributed by atoms with Crippen molar-refractivity contribution in [3.8, 4) is 22.1 Å². The molecule has 0 saturated heterocycles. The van der Waals surface area contributed by atoms with Crippen LogP contribution in [-0.2, 0) is 22.9 Å². The Hall–Kier alpha value is -3.68. The minimum absolute atomic E-state index is 0.0442. The maximum Gasteiger partial charge on any atom is 0.355 e. The first-order chi connectivity index (χ1) is 18.9. The van der Waals surface area contributed by atoms with Gasteiger partial charge in [-0.05, 0) is 74.9 Å². The maximum atomic E-state index is 14.8. The highest BCUT2D eigenvalue weighted by atomic mass is 32.2. The number of hydrogen-bond acceptors (Lipinski definition) is 7. The van der Waals surface area contributed by atoms with Crippen LogP contribution in [0.3, 0.4) is 0 Å². The lowest BCUT2D eigenvalue weighted by molar-refractivity contribution is 0.0691. The number of carbonyl (C=O) groups is 1. The summed E-state index contributed by atoms with van der Waals surface area (Å²) in [4.78, 5) is 15.2. The first kappa shape index (κ1) is 27.9. The molecule has 0 amide bonds. The number of nitrogens with zero attached hydrogens (tertiary/aromatic N) is 3. The highest BCUT2D eigenvalue weighted by molar-refractivity contribution is 7.89. The molecule has 1 fully saturated rings. The van der Waals surface area contributed by atoms with E-state index in [1.54, 1.807) is 30.7 Å². The average Bonchev–Trinajstić information content (AvgIpc) is 3.42. The molecule has 0 bridgehead atoms. The molecule has 2 heterocycles. The first-order valence-corrected chi connectivity index (χ1v) is 14.9. The summed E-state index contributed by atoms with van der Waals surface area (Å²) in [6.45, 7) is 3.56. The van der Waals surface area contributed by atoms with Crippen molar-refractivity contribution in [2.24, 2.45) is 11.1 Å². The lowest BCUT2D eigenvalue weighted by Crippen LogP contribution is -2.14. The third-order valence-corrected chi connectivity index (χ3v) is 8.17. The van der Waals surface area contributed by atoms with Crippen molar-refractivity contribution >= 4 is 27.3 Å². The second-order valence-electron chi connectivity index (χ2n) is 9.95. The Morgan fingerprint density at radius 3 is 2.55 bits per heavy atom. The molecule has 1 saturated carbocycles. The second-order valence-corrected chi connectivity index (χ2v) is 12.3. The van der Waals surface area contributed by atoms with E-state index in [1.807, 2.05) is 0 Å². The summed E-state index contributed by atoms with van der Waals surface area (Å²) in [6.07, 6.45) is 2.52. The molecule has 210 valence electrons. The summed E-state index contributed by atoms with van der Waals surface area (Å²) < 4.78 is 60.0. The summed E-state index contributed by atoms with van der Waals surface area (Å²) >= 11 is 1.12. The Morgan fingerprint density at radius 1 is 1.20 bits per heavy atom. The summed E-state index contributed by atoms with van der Waals surface area (Å²) in [6, 6.07) is 8.11. The molecule has 40 heavy (non-hydrogen) atoms. The van der Waals surface area contributed by atoms with Gasteiger partial charge >= 0.3 is 5.97 Å². The minimum Gasteiger partial charge on any atom is -0.488 e. The van der Waals surface area contributed by atoms with Gasteiger partial charge in [-0.2, -0.15) is 5.10 Å². The molecule has 0 unspecified atom stereocenters. The number of primary sulfonamides is 1. The lowest BCUT2D eigenvalue weighted by Gasteiger charge is -2.12. The number of rotatable bonds is 10. The van der Waals surface area contributed by atoms with Gasteiger partial charge in [0, 0.05) is 22.9 Å². The van der Waals surface area contributed by atoms with Crippen molar-refractivity contribution < 1.29 is 31.8 Å². The van der Waals surface area contributed by atoms with Crippen molar-refractivity contribution in [1.29, 1.82) is 0 Å². The fourth-order valence-corrected chi connectivity index (χ4v) is 5.77. The molecule has 4 aromatic rings. The van der Waals surface area contributed by atoms with Crippen LogP contribution in [0.25, 0.3) is 16.4 Å². The van der Waals surface area contributed by atoms with Gasteiger partial charge in [0.1, 0.15) is 10.7 Å². The molecule has 1 aliphatic carbocycles. The zero-order valence-electron chi connectivity index (χ0n) is 21.6. The van der Waals surface area contributed by atoms with Gasteiger partial charge < -0.3 is 9.84 Å². The molecule has 2 aromatic carbocycles. The fourth-order valence-electron chi connectivity index (χ4n) is 4.41. The van der Waals surface area contributed by atoms with E-state index in [9.17, 15) is 27.1 Å². The summed E-state index contributed by atoms with van der Waals surface area (Å²) in [5, 5.41) is 21.1. The van der Waals surface area contributed by atoms with Gasteiger partial charge in [-0.15, -0.1) is 11.3 Å². The smallest absolute Gasteiger partial charge is 0.355 e. The summed E-state index contributed by atoms with van der Waals surface area (Å²) in [5.74, 6) is -2.25. The van der Waals surface area contributed by atoms with E-state index in [4.69, 9.17) is 15.0 Å². The number of carboxylic acids is 1. The molecule has 3 N–H and O–H groups in total. The molecule has 1 aliphatic rings. The number of aromatic nitrogens is 3. The maximum absolute atomic E-state index is 14.8. The highest BCUT2D eigenvalue weighted by Gasteiger charge is 2.30. The van der Waals surface area contributed by atoms with Crippen LogP contribution >= 0.6 is 11.3 Å². The number of ether oxygens (including phenoxy) is 1. The Labute approximate surface area is 233 Å². The van der Waals surface area contributed by atoms with Gasteiger partial charge in [0.05, 0.1) is 17.5 Å². The molecule has 0 atom stereocenters. The van der Waals surface area contributed by atoms with Crippen LogP contribution in [0, 0.1) is 17.6 Å². The van der Waals surface area contributed by atoms with Gasteiger partial charge in [0.15, 0.2) is 17.3 Å². The number of sulfonamides is 1. The Kier molecular flexibility index (Phi) is 7.46. The normalized spacial score (nSPS) is 13.7. The largest absolute Gasteiger partial charge is 0.488 e. The minimum atomic E-state index is -4.24. The van der Waals surface area contributed by atoms with Crippen molar-refractivity contribution in [1.82, 2.24) is 14.8 Å². The van der Waals surface area contributed by atoms with Crippen LogP contribution < -0.4 is 9.88 Å². The third kappa shape index (κ3) is 5.91. The predicted octanol–water partition coefficient (Wildman–Crippen LogP) is 4.95. The topological polar surface area (TPSA) is 137 Å². The Bertz CT molecular complexity index is 1710. The number of halogens is 2. The van der Waals surface area contributed by atoms with Gasteiger partial charge in [0.25, 0.3) is 0 Å². The monoisotopic (exact) mass is 588 g/mol. The van der Waals surface area contributed by atoms with Gasteiger partial charge in [-0.1, -0.05) is 6.07 Å². The number of benzene rings is 2. The molecule has 2 aromatic heterocycles. The van der Waals surface area contributed by atoms with E-state index in [2.05, 4.69) is 4.98 Å². The molecule has 9 nitrogen and oxygen atoms in total. The summed E-state index contributed by atoms with van der Waals surface area (Å²) in [5.41, 5.74) is 2.81. The number of hydrogen-bond donors (Lipinski definition) is 2. The van der Waals surface area contributed by atoms with Crippen molar-refractivity contribution in [2.75, 3.05) is 0 Å².